The van der Waals surface area contributed by atoms with Crippen LogP contribution in [-0.2, 0) is 19.3 Å². The fourth-order valence-electron chi connectivity index (χ4n) is 2.92. The lowest BCUT2D eigenvalue weighted by molar-refractivity contribution is 0.0251. The fraction of sp³-hybridized carbons (Fsp3) is 0.300. The summed E-state index contributed by atoms with van der Waals surface area (Å²) < 4.78 is 45.6. The van der Waals surface area contributed by atoms with Crippen molar-refractivity contribution < 1.29 is 27.4 Å². The number of benzene rings is 1. The van der Waals surface area contributed by atoms with Gasteiger partial charge < -0.3 is 29.7 Å². The van der Waals surface area contributed by atoms with Gasteiger partial charge in [-0.15, -0.1) is 0 Å². The lowest BCUT2D eigenvalue weighted by atomic mass is 10.2. The number of nitrogens with two attached hydrogens (primary N) is 1. The molecule has 2 aromatic heterocycles. The van der Waals surface area contributed by atoms with Gasteiger partial charge in [0, 0.05) is 31.9 Å². The standard InChI is InChI=1S/C20H23N3O6S2/c1-26-10-15(11-27-2)29-17-8-14(6-12-7-16(20(21)30)23-19(12)17)28-13-4-5-18(22-9-13)31(3,24)25/h4-9,15,23H,10-11H2,1-3H3,(H2,21,30). The van der Waals surface area contributed by atoms with Gasteiger partial charge in [0.2, 0.25) is 0 Å². The van der Waals surface area contributed by atoms with Gasteiger partial charge in [-0.1, -0.05) is 12.2 Å². The minimum absolute atomic E-state index is 0.0342. The van der Waals surface area contributed by atoms with E-state index in [-0.39, 0.29) is 16.1 Å². The SMILES string of the molecule is COCC(COC)Oc1cc(Oc2ccc(S(C)(=O)=O)nc2)cc2cc(C(N)=S)[nH]c12. The third-order valence-corrected chi connectivity index (χ3v) is 5.48. The summed E-state index contributed by atoms with van der Waals surface area (Å²) >= 11 is 5.07. The summed E-state index contributed by atoms with van der Waals surface area (Å²) in [5, 5.41) is 0.734. The van der Waals surface area contributed by atoms with Crippen LogP contribution in [0.5, 0.6) is 17.2 Å². The van der Waals surface area contributed by atoms with Gasteiger partial charge in [0.05, 0.1) is 30.6 Å². The number of H-pyrrole nitrogens is 1. The highest BCUT2D eigenvalue weighted by atomic mass is 32.2. The first kappa shape index (κ1) is 22.9. The number of aromatic amines is 1. The van der Waals surface area contributed by atoms with E-state index in [0.717, 1.165) is 11.6 Å². The highest BCUT2D eigenvalue weighted by molar-refractivity contribution is 7.90. The zero-order valence-electron chi connectivity index (χ0n) is 17.2. The largest absolute Gasteiger partial charge is 0.483 e. The first-order chi connectivity index (χ1) is 14.7. The summed E-state index contributed by atoms with van der Waals surface area (Å²) in [6.07, 6.45) is 2.08. The quantitative estimate of drug-likeness (QED) is 0.434. The van der Waals surface area contributed by atoms with Gasteiger partial charge >= 0.3 is 0 Å². The van der Waals surface area contributed by atoms with E-state index in [2.05, 4.69) is 9.97 Å². The number of ether oxygens (including phenoxy) is 4. The van der Waals surface area contributed by atoms with E-state index in [9.17, 15) is 8.42 Å². The Morgan fingerprint density at radius 1 is 1.16 bits per heavy atom. The molecule has 0 radical (unpaired) electrons. The Labute approximate surface area is 185 Å². The first-order valence-electron chi connectivity index (χ1n) is 9.16. The van der Waals surface area contributed by atoms with Crippen LogP contribution in [-0.4, -0.2) is 63.2 Å². The van der Waals surface area contributed by atoms with Crippen molar-refractivity contribution >= 4 is 37.9 Å². The van der Waals surface area contributed by atoms with Crippen LogP contribution in [0.4, 0.5) is 0 Å². The Bertz CT molecular complexity index is 1170. The second-order valence-corrected chi connectivity index (χ2v) is 9.19. The summed E-state index contributed by atoms with van der Waals surface area (Å²) in [6, 6.07) is 8.20. The number of thiocarbonyl (C=S) groups is 1. The Hall–Kier alpha value is -2.73. The molecular formula is C20H23N3O6S2. The highest BCUT2D eigenvalue weighted by Crippen LogP contribution is 2.34. The molecule has 0 atom stereocenters. The van der Waals surface area contributed by atoms with Crippen molar-refractivity contribution in [3.05, 3.63) is 42.2 Å². The molecule has 2 heterocycles. The molecule has 11 heteroatoms. The average molecular weight is 466 g/mol. The Kier molecular flexibility index (Phi) is 7.11. The Balaban J connectivity index is 1.98. The molecule has 31 heavy (non-hydrogen) atoms. The van der Waals surface area contributed by atoms with Crippen molar-refractivity contribution in [3.63, 3.8) is 0 Å². The zero-order valence-corrected chi connectivity index (χ0v) is 18.9. The molecule has 9 nitrogen and oxygen atoms in total. The molecule has 0 saturated carbocycles. The van der Waals surface area contributed by atoms with Crippen molar-refractivity contribution in [3.8, 4) is 17.2 Å². The summed E-state index contributed by atoms with van der Waals surface area (Å²) in [4.78, 5) is 7.32. The van der Waals surface area contributed by atoms with Gasteiger partial charge in [0.25, 0.3) is 0 Å². The van der Waals surface area contributed by atoms with E-state index >= 15 is 0 Å². The van der Waals surface area contributed by atoms with E-state index in [1.165, 1.54) is 18.3 Å². The molecule has 0 bridgehead atoms. The smallest absolute Gasteiger partial charge is 0.192 e. The Morgan fingerprint density at radius 3 is 2.42 bits per heavy atom. The second-order valence-electron chi connectivity index (χ2n) is 6.79. The molecule has 1 aromatic carbocycles. The first-order valence-corrected chi connectivity index (χ1v) is 11.5. The molecular weight excluding hydrogens is 442 g/mol. The van der Waals surface area contributed by atoms with E-state index in [0.29, 0.717) is 41.7 Å². The van der Waals surface area contributed by atoms with Crippen molar-refractivity contribution in [1.82, 2.24) is 9.97 Å². The van der Waals surface area contributed by atoms with Gasteiger partial charge in [0.15, 0.2) is 14.9 Å². The highest BCUT2D eigenvalue weighted by Gasteiger charge is 2.17. The number of aromatic nitrogens is 2. The van der Waals surface area contributed by atoms with Crippen LogP contribution in [0.3, 0.4) is 0 Å². The van der Waals surface area contributed by atoms with Crippen LogP contribution in [0, 0.1) is 0 Å². The van der Waals surface area contributed by atoms with E-state index in [1.54, 1.807) is 32.4 Å². The molecule has 0 saturated heterocycles. The third-order valence-electron chi connectivity index (χ3n) is 4.25. The normalized spacial score (nSPS) is 11.7. The lowest BCUT2D eigenvalue weighted by Crippen LogP contribution is -2.27. The zero-order chi connectivity index (χ0) is 22.6. The van der Waals surface area contributed by atoms with Gasteiger partial charge in [0.1, 0.15) is 28.3 Å². The minimum atomic E-state index is -3.40. The van der Waals surface area contributed by atoms with Gasteiger partial charge in [-0.25, -0.2) is 13.4 Å². The number of sulfone groups is 1. The van der Waals surface area contributed by atoms with Crippen LogP contribution in [0.2, 0.25) is 0 Å². The van der Waals surface area contributed by atoms with E-state index < -0.39 is 9.84 Å². The molecule has 0 fully saturated rings. The molecule has 166 valence electrons. The van der Waals surface area contributed by atoms with Gasteiger partial charge in [-0.05, 0) is 24.3 Å². The number of hydrogen-bond donors (Lipinski definition) is 2. The summed E-state index contributed by atoms with van der Waals surface area (Å²) in [6.45, 7) is 0.639. The van der Waals surface area contributed by atoms with E-state index in [1.807, 2.05) is 0 Å². The number of nitrogens with zero attached hydrogens (tertiary/aromatic N) is 1. The molecule has 0 aliphatic carbocycles. The third kappa shape index (κ3) is 5.70. The monoisotopic (exact) mass is 465 g/mol. The number of rotatable bonds is 10. The minimum Gasteiger partial charge on any atom is -0.483 e. The van der Waals surface area contributed by atoms with Crippen LogP contribution < -0.4 is 15.2 Å². The maximum Gasteiger partial charge on any atom is 0.192 e. The number of methoxy groups -OCH3 is 2. The number of nitrogens with one attached hydrogen (secondary N) is 1. The van der Waals surface area contributed by atoms with Crippen molar-refractivity contribution in [2.75, 3.05) is 33.7 Å². The van der Waals surface area contributed by atoms with Crippen LogP contribution in [0.25, 0.3) is 10.9 Å². The summed E-state index contributed by atoms with van der Waals surface area (Å²) in [7, 11) is -0.242. The van der Waals surface area contributed by atoms with Gasteiger partial charge in [-0.3, -0.25) is 0 Å². The van der Waals surface area contributed by atoms with Crippen molar-refractivity contribution in [1.29, 1.82) is 0 Å². The fourth-order valence-corrected chi connectivity index (χ4v) is 3.59. The number of hydrogen-bond acceptors (Lipinski definition) is 8. The van der Waals surface area contributed by atoms with Crippen molar-refractivity contribution in [2.45, 2.75) is 11.1 Å². The molecule has 0 amide bonds. The van der Waals surface area contributed by atoms with Crippen LogP contribution >= 0.6 is 12.2 Å². The summed E-state index contributed by atoms with van der Waals surface area (Å²) in [5.41, 5.74) is 7.04. The second kappa shape index (κ2) is 9.60. The maximum atomic E-state index is 11.6. The molecule has 3 rings (SSSR count). The number of fused-ring (bicyclic) bond motifs is 1. The van der Waals surface area contributed by atoms with E-state index in [4.69, 9.17) is 36.9 Å². The molecule has 0 spiro atoms. The van der Waals surface area contributed by atoms with Crippen LogP contribution in [0.1, 0.15) is 5.69 Å². The van der Waals surface area contributed by atoms with Gasteiger partial charge in [-0.2, -0.15) is 0 Å². The van der Waals surface area contributed by atoms with Crippen molar-refractivity contribution in [2.24, 2.45) is 5.73 Å². The Morgan fingerprint density at radius 2 is 1.87 bits per heavy atom. The lowest BCUT2D eigenvalue weighted by Gasteiger charge is -2.19. The molecule has 0 aliphatic heterocycles. The molecule has 3 aromatic rings. The average Bonchev–Trinajstić information content (AvgIpc) is 3.13. The predicted octanol–water partition coefficient (Wildman–Crippen LogP) is 2.43. The molecule has 0 aliphatic rings. The molecule has 3 N–H and O–H groups in total. The predicted molar refractivity (Wildman–Crippen MR) is 120 cm³/mol. The topological polar surface area (TPSA) is 126 Å². The summed E-state index contributed by atoms with van der Waals surface area (Å²) in [5.74, 6) is 1.32. The molecule has 0 unspecified atom stereocenters. The van der Waals surface area contributed by atoms with Crippen LogP contribution in [0.15, 0.2) is 41.6 Å². The number of pyridine rings is 1. The maximum absolute atomic E-state index is 11.6.